The van der Waals surface area contributed by atoms with Crippen LogP contribution in [0.1, 0.15) is 33.6 Å². The Hall–Kier alpha value is -3.15. The Morgan fingerprint density at radius 3 is 2.48 bits per heavy atom. The third-order valence-electron chi connectivity index (χ3n) is 4.49. The van der Waals surface area contributed by atoms with E-state index in [0.29, 0.717) is 5.88 Å². The van der Waals surface area contributed by atoms with Gasteiger partial charge in [0.15, 0.2) is 0 Å². The minimum Gasteiger partial charge on any atom is -0.481 e. The summed E-state index contributed by atoms with van der Waals surface area (Å²) >= 11 is 0. The summed E-state index contributed by atoms with van der Waals surface area (Å²) in [5.74, 6) is 1.35. The lowest BCUT2D eigenvalue weighted by Gasteiger charge is -1.99. The number of allylic oxidation sites excluding steroid dienone is 4. The fraction of sp³-hybridized carbons (Fsp3) is 0.280. The van der Waals surface area contributed by atoms with Crippen LogP contribution in [-0.4, -0.2) is 39.0 Å². The number of aromatic amines is 2. The second-order valence-corrected chi connectivity index (χ2v) is 7.10. The zero-order valence-electron chi connectivity index (χ0n) is 19.6. The summed E-state index contributed by atoms with van der Waals surface area (Å²) < 4.78 is 10.4. The van der Waals surface area contributed by atoms with E-state index >= 15 is 0 Å². The highest BCUT2D eigenvalue weighted by Gasteiger charge is 2.12. The van der Waals surface area contributed by atoms with E-state index in [2.05, 4.69) is 60.9 Å². The van der Waals surface area contributed by atoms with Crippen molar-refractivity contribution in [3.63, 3.8) is 0 Å². The Bertz CT molecular complexity index is 1180. The molecular formula is C25H33N4O3P. The fourth-order valence-electron chi connectivity index (χ4n) is 2.98. The van der Waals surface area contributed by atoms with Crippen molar-refractivity contribution >= 4 is 31.4 Å². The largest absolute Gasteiger partial charge is 0.481 e. The third-order valence-corrected chi connectivity index (χ3v) is 4.77. The van der Waals surface area contributed by atoms with Gasteiger partial charge in [-0.3, -0.25) is 5.10 Å². The summed E-state index contributed by atoms with van der Waals surface area (Å²) in [6.45, 7) is 6.12. The molecule has 0 saturated heterocycles. The molecule has 0 radical (unpaired) electrons. The van der Waals surface area contributed by atoms with Gasteiger partial charge >= 0.3 is 0 Å². The highest BCUT2D eigenvalue weighted by atomic mass is 31.0. The molecule has 1 atom stereocenters. The maximum atomic E-state index is 7.57. The number of aromatic nitrogens is 4. The number of aliphatic hydroxyl groups excluding tert-OH is 1. The Balaban J connectivity index is 0.000000297. The molecule has 3 aromatic heterocycles. The third kappa shape index (κ3) is 7.45. The van der Waals surface area contributed by atoms with E-state index < -0.39 is 0 Å². The molecule has 0 bridgehead atoms. The van der Waals surface area contributed by atoms with Gasteiger partial charge in [0.05, 0.1) is 38.8 Å². The van der Waals surface area contributed by atoms with Crippen LogP contribution >= 0.6 is 9.47 Å². The average molecular weight is 469 g/mol. The van der Waals surface area contributed by atoms with Crippen molar-refractivity contribution in [2.75, 3.05) is 13.7 Å². The SMILES string of the molecule is C/C=C\C/C=C\CC.CCO.COc1ccc2[nH]c(-c3n[nH]c4ccc(OP)cc34)cc2n1. The number of rotatable bonds is 6. The van der Waals surface area contributed by atoms with Gasteiger partial charge < -0.3 is 19.4 Å². The first-order valence-electron chi connectivity index (χ1n) is 10.9. The van der Waals surface area contributed by atoms with Crippen LogP contribution in [-0.2, 0) is 0 Å². The minimum absolute atomic E-state index is 0.250. The molecule has 0 aliphatic heterocycles. The molecule has 33 heavy (non-hydrogen) atoms. The van der Waals surface area contributed by atoms with Gasteiger partial charge in [-0.25, -0.2) is 4.98 Å². The van der Waals surface area contributed by atoms with Crippen molar-refractivity contribution in [3.8, 4) is 23.0 Å². The lowest BCUT2D eigenvalue weighted by atomic mass is 10.1. The van der Waals surface area contributed by atoms with E-state index in [-0.39, 0.29) is 6.61 Å². The molecule has 4 rings (SSSR count). The topological polar surface area (TPSA) is 96.1 Å². The maximum Gasteiger partial charge on any atom is 0.213 e. The van der Waals surface area contributed by atoms with Crippen molar-refractivity contribution < 1.29 is 14.4 Å². The number of nitrogens with one attached hydrogen (secondary N) is 2. The van der Waals surface area contributed by atoms with E-state index in [1.165, 1.54) is 0 Å². The molecule has 0 aliphatic rings. The first-order valence-corrected chi connectivity index (χ1v) is 11.3. The fourth-order valence-corrected chi connectivity index (χ4v) is 3.13. The molecule has 176 valence electrons. The maximum absolute atomic E-state index is 7.57. The smallest absolute Gasteiger partial charge is 0.213 e. The van der Waals surface area contributed by atoms with Crippen LogP contribution in [0.5, 0.6) is 11.6 Å². The summed E-state index contributed by atoms with van der Waals surface area (Å²) in [6, 6.07) is 11.5. The molecule has 0 spiro atoms. The van der Waals surface area contributed by atoms with Crippen molar-refractivity contribution in [3.05, 3.63) is 60.7 Å². The number of hydrogen-bond donors (Lipinski definition) is 3. The van der Waals surface area contributed by atoms with E-state index in [4.69, 9.17) is 14.4 Å². The predicted molar refractivity (Wildman–Crippen MR) is 140 cm³/mol. The molecule has 0 fully saturated rings. The van der Waals surface area contributed by atoms with Gasteiger partial charge in [0.2, 0.25) is 5.88 Å². The van der Waals surface area contributed by atoms with Gasteiger partial charge in [-0.15, -0.1) is 0 Å². The molecule has 7 nitrogen and oxygen atoms in total. The predicted octanol–water partition coefficient (Wildman–Crippen LogP) is 6.20. The normalized spacial score (nSPS) is 10.8. The Labute approximate surface area is 197 Å². The molecule has 0 amide bonds. The van der Waals surface area contributed by atoms with Crippen LogP contribution < -0.4 is 9.26 Å². The summed E-state index contributed by atoms with van der Waals surface area (Å²) in [5, 5.41) is 16.0. The minimum atomic E-state index is 0.250. The summed E-state index contributed by atoms with van der Waals surface area (Å²) in [7, 11) is 3.85. The summed E-state index contributed by atoms with van der Waals surface area (Å²) in [5.41, 5.74) is 4.44. The first kappa shape index (κ1) is 26.1. The highest BCUT2D eigenvalue weighted by molar-refractivity contribution is 7.10. The average Bonchev–Trinajstić information content (AvgIpc) is 3.45. The van der Waals surface area contributed by atoms with Crippen molar-refractivity contribution in [2.45, 2.75) is 33.6 Å². The number of ether oxygens (including phenoxy) is 1. The van der Waals surface area contributed by atoms with Crippen molar-refractivity contribution in [1.29, 1.82) is 0 Å². The number of nitrogens with zero attached hydrogens (tertiary/aromatic N) is 2. The van der Waals surface area contributed by atoms with Gasteiger partial charge in [-0.2, -0.15) is 5.10 Å². The van der Waals surface area contributed by atoms with Crippen molar-refractivity contribution in [1.82, 2.24) is 20.2 Å². The molecule has 0 saturated carbocycles. The van der Waals surface area contributed by atoms with Gasteiger partial charge in [-0.05, 0) is 57.0 Å². The number of H-pyrrole nitrogens is 2. The molecule has 0 aliphatic carbocycles. The van der Waals surface area contributed by atoms with Gasteiger partial charge in [0.25, 0.3) is 0 Å². The second-order valence-electron chi connectivity index (χ2n) is 6.87. The summed E-state index contributed by atoms with van der Waals surface area (Å²) in [4.78, 5) is 7.75. The van der Waals surface area contributed by atoms with Crippen LogP contribution in [0.15, 0.2) is 60.7 Å². The monoisotopic (exact) mass is 468 g/mol. The molecule has 4 aromatic rings. The number of hydrogen-bond acceptors (Lipinski definition) is 5. The van der Waals surface area contributed by atoms with Gasteiger partial charge in [0, 0.05) is 18.1 Å². The molecule has 1 aromatic carbocycles. The standard InChI is InChI=1S/C15H13N4O2P.C8H14.C2H6O/c1-20-14-5-4-11-12(17-14)7-13(16-11)15-9-6-8(21-22)2-3-10(9)18-19-15;1-3-5-7-8-6-4-2;1-2-3/h2-7,16H,22H2,1H3,(H,18,19);3,5-6,8H,4,7H2,1-2H3;3H,2H2,1H3/b;5-3-,8-6-;. The van der Waals surface area contributed by atoms with E-state index in [1.807, 2.05) is 43.3 Å². The lowest BCUT2D eigenvalue weighted by molar-refractivity contribution is 0.318. The van der Waals surface area contributed by atoms with E-state index in [0.717, 1.165) is 51.9 Å². The molecule has 3 heterocycles. The summed E-state index contributed by atoms with van der Waals surface area (Å²) in [6.07, 6.45) is 10.8. The van der Waals surface area contributed by atoms with Crippen LogP contribution in [0.3, 0.4) is 0 Å². The molecule has 8 heteroatoms. The highest BCUT2D eigenvalue weighted by Crippen LogP contribution is 2.31. The number of aliphatic hydroxyl groups is 1. The molecule has 3 N–H and O–H groups in total. The number of fused-ring (bicyclic) bond motifs is 2. The first-order chi connectivity index (χ1) is 16.1. The Morgan fingerprint density at radius 1 is 1.06 bits per heavy atom. The zero-order chi connectivity index (χ0) is 24.1. The quantitative estimate of drug-likeness (QED) is 0.231. The number of benzene rings is 1. The lowest BCUT2D eigenvalue weighted by Crippen LogP contribution is -1.85. The zero-order valence-corrected chi connectivity index (χ0v) is 20.8. The molecule has 1 unspecified atom stereocenters. The van der Waals surface area contributed by atoms with Crippen molar-refractivity contribution in [2.24, 2.45) is 0 Å². The van der Waals surface area contributed by atoms with Crippen LogP contribution in [0.4, 0.5) is 0 Å². The molecular weight excluding hydrogens is 435 g/mol. The van der Waals surface area contributed by atoms with E-state index in [1.54, 1.807) is 14.0 Å². The Morgan fingerprint density at radius 2 is 1.82 bits per heavy atom. The van der Waals surface area contributed by atoms with Gasteiger partial charge in [0.1, 0.15) is 11.4 Å². The van der Waals surface area contributed by atoms with Crippen LogP contribution in [0.25, 0.3) is 33.3 Å². The van der Waals surface area contributed by atoms with Crippen LogP contribution in [0, 0.1) is 0 Å². The second kappa shape index (κ2) is 14.1. The Kier molecular flexibility index (Phi) is 11.1. The number of pyridine rings is 1. The van der Waals surface area contributed by atoms with E-state index in [9.17, 15) is 0 Å². The van der Waals surface area contributed by atoms with Crippen LogP contribution in [0.2, 0.25) is 0 Å². The van der Waals surface area contributed by atoms with Gasteiger partial charge in [-0.1, -0.05) is 31.2 Å². The number of methoxy groups -OCH3 is 1.